The molecule has 10 heteroatoms. The first-order valence-electron chi connectivity index (χ1n) is 9.11. The Bertz CT molecular complexity index is 828. The van der Waals surface area contributed by atoms with Gasteiger partial charge < -0.3 is 11.1 Å². The molecule has 2 heterocycles. The van der Waals surface area contributed by atoms with Crippen molar-refractivity contribution < 1.29 is 22.8 Å². The number of pyridine rings is 1. The van der Waals surface area contributed by atoms with E-state index in [2.05, 4.69) is 10.3 Å². The molecule has 0 unspecified atom stereocenters. The zero-order valence-electron chi connectivity index (χ0n) is 16.0. The third-order valence-corrected chi connectivity index (χ3v) is 6.26. The topological polar surface area (TPSA) is 140 Å². The fourth-order valence-corrected chi connectivity index (χ4v) is 4.70. The lowest BCUT2D eigenvalue weighted by molar-refractivity contribution is -0.128. The second-order valence-electron chi connectivity index (χ2n) is 7.37. The average molecular weight is 410 g/mol. The van der Waals surface area contributed by atoms with Crippen molar-refractivity contribution >= 4 is 27.6 Å². The van der Waals surface area contributed by atoms with Gasteiger partial charge in [0.2, 0.25) is 11.8 Å². The van der Waals surface area contributed by atoms with Crippen molar-refractivity contribution in [2.45, 2.75) is 44.2 Å². The summed E-state index contributed by atoms with van der Waals surface area (Å²) in [6.07, 6.45) is 1.87. The van der Waals surface area contributed by atoms with Gasteiger partial charge in [-0.05, 0) is 30.4 Å². The minimum absolute atomic E-state index is 0.0665. The van der Waals surface area contributed by atoms with Gasteiger partial charge in [0.25, 0.3) is 10.0 Å². The number of nitrogens with one attached hydrogen (secondary N) is 1. The average Bonchev–Trinajstić information content (AvgIpc) is 2.73. The molecule has 1 saturated heterocycles. The molecule has 1 aliphatic rings. The van der Waals surface area contributed by atoms with Gasteiger partial charge >= 0.3 is 0 Å². The van der Waals surface area contributed by atoms with Gasteiger partial charge in [-0.3, -0.25) is 14.4 Å². The first-order chi connectivity index (χ1) is 13.1. The highest BCUT2D eigenvalue weighted by Crippen LogP contribution is 2.21. The van der Waals surface area contributed by atoms with Crippen LogP contribution in [-0.2, 0) is 24.4 Å². The molecule has 9 nitrogen and oxygen atoms in total. The van der Waals surface area contributed by atoms with Crippen LogP contribution in [0.1, 0.15) is 33.1 Å². The van der Waals surface area contributed by atoms with E-state index in [1.54, 1.807) is 19.1 Å². The van der Waals surface area contributed by atoms with Gasteiger partial charge in [0.1, 0.15) is 0 Å². The molecule has 1 aromatic rings. The van der Waals surface area contributed by atoms with Crippen LogP contribution in [0.3, 0.4) is 0 Å². The van der Waals surface area contributed by atoms with Gasteiger partial charge in [0.05, 0.1) is 12.6 Å². The molecule has 1 aromatic heterocycles. The van der Waals surface area contributed by atoms with Crippen LogP contribution in [0, 0.1) is 11.8 Å². The number of ketones is 1. The molecule has 0 radical (unpaired) electrons. The number of rotatable bonds is 7. The Morgan fingerprint density at radius 1 is 1.36 bits per heavy atom. The zero-order valence-corrected chi connectivity index (χ0v) is 16.8. The first-order valence-corrected chi connectivity index (χ1v) is 10.5. The molecular formula is C18H26N4O5S. The van der Waals surface area contributed by atoms with Crippen molar-refractivity contribution in [1.82, 2.24) is 14.6 Å². The van der Waals surface area contributed by atoms with Crippen LogP contribution in [0.5, 0.6) is 0 Å². The second-order valence-corrected chi connectivity index (χ2v) is 9.26. The lowest BCUT2D eigenvalue weighted by atomic mass is 9.99. The van der Waals surface area contributed by atoms with Gasteiger partial charge in [-0.15, -0.1) is 0 Å². The number of aromatic nitrogens is 1. The summed E-state index contributed by atoms with van der Waals surface area (Å²) in [5.41, 5.74) is 5.13. The van der Waals surface area contributed by atoms with E-state index in [1.165, 1.54) is 12.3 Å². The smallest absolute Gasteiger partial charge is 0.260 e. The van der Waals surface area contributed by atoms with E-state index in [1.807, 2.05) is 6.92 Å². The van der Waals surface area contributed by atoms with Crippen LogP contribution < -0.4 is 11.1 Å². The Kier molecular flexibility index (Phi) is 7.25. The van der Waals surface area contributed by atoms with Crippen molar-refractivity contribution in [3.63, 3.8) is 0 Å². The van der Waals surface area contributed by atoms with Crippen molar-refractivity contribution in [3.05, 3.63) is 24.4 Å². The monoisotopic (exact) mass is 410 g/mol. The fourth-order valence-electron chi connectivity index (χ4n) is 3.24. The molecule has 1 aliphatic heterocycles. The summed E-state index contributed by atoms with van der Waals surface area (Å²) < 4.78 is 26.7. The van der Waals surface area contributed by atoms with Crippen molar-refractivity contribution in [1.29, 1.82) is 0 Å². The van der Waals surface area contributed by atoms with Crippen LogP contribution in [-0.4, -0.2) is 54.4 Å². The van der Waals surface area contributed by atoms with Gasteiger partial charge in [-0.1, -0.05) is 19.9 Å². The number of hydrogen-bond donors (Lipinski definition) is 2. The molecule has 0 bridgehead atoms. The van der Waals surface area contributed by atoms with E-state index < -0.39 is 22.0 Å². The quantitative estimate of drug-likeness (QED) is 0.652. The zero-order chi connectivity index (χ0) is 20.9. The molecule has 1 fully saturated rings. The molecular weight excluding hydrogens is 384 g/mol. The predicted octanol–water partition coefficient (Wildman–Crippen LogP) is 0.0676. The molecule has 0 spiro atoms. The number of nitrogens with zero attached hydrogens (tertiary/aromatic N) is 2. The van der Waals surface area contributed by atoms with E-state index in [0.29, 0.717) is 6.42 Å². The number of amides is 2. The molecule has 0 saturated carbocycles. The van der Waals surface area contributed by atoms with Crippen LogP contribution in [0.2, 0.25) is 0 Å². The van der Waals surface area contributed by atoms with Crippen LogP contribution in [0.15, 0.2) is 29.4 Å². The molecule has 2 rings (SSSR count). The maximum atomic E-state index is 12.8. The summed E-state index contributed by atoms with van der Waals surface area (Å²) in [5.74, 6) is -1.61. The molecule has 2 amide bonds. The Morgan fingerprint density at radius 2 is 2.07 bits per heavy atom. The summed E-state index contributed by atoms with van der Waals surface area (Å²) in [4.78, 5) is 39.7. The first kappa shape index (κ1) is 22.0. The third kappa shape index (κ3) is 5.83. The largest absolute Gasteiger partial charge is 0.370 e. The summed E-state index contributed by atoms with van der Waals surface area (Å²) in [5, 5.41) is 2.56. The maximum absolute atomic E-state index is 12.8. The van der Waals surface area contributed by atoms with Gasteiger partial charge in [-0.25, -0.2) is 13.4 Å². The highest BCUT2D eigenvalue weighted by Gasteiger charge is 2.36. The number of Topliss-reactive ketones (excluding diaryl/α,β-unsaturated/α-hetero) is 1. The number of carbonyl (C=O) groups is 3. The van der Waals surface area contributed by atoms with Gasteiger partial charge in [-0.2, -0.15) is 4.31 Å². The second kappa shape index (κ2) is 9.24. The minimum atomic E-state index is -3.90. The lowest BCUT2D eigenvalue weighted by Crippen LogP contribution is -2.44. The molecule has 0 aliphatic carbocycles. The number of nitrogens with two attached hydrogens (primary N) is 1. The summed E-state index contributed by atoms with van der Waals surface area (Å²) >= 11 is 0. The fraction of sp³-hybridized carbons (Fsp3) is 0.556. The van der Waals surface area contributed by atoms with Crippen LogP contribution in [0.4, 0.5) is 0 Å². The lowest BCUT2D eigenvalue weighted by Gasteiger charge is -2.20. The predicted molar refractivity (Wildman–Crippen MR) is 101 cm³/mol. The summed E-state index contributed by atoms with van der Waals surface area (Å²) in [6.45, 7) is 3.39. The van der Waals surface area contributed by atoms with E-state index in [0.717, 1.165) is 4.31 Å². The van der Waals surface area contributed by atoms with E-state index in [-0.39, 0.29) is 54.5 Å². The Labute approximate surface area is 164 Å². The highest BCUT2D eigenvalue weighted by molar-refractivity contribution is 7.89. The van der Waals surface area contributed by atoms with Crippen LogP contribution in [0.25, 0.3) is 0 Å². The van der Waals surface area contributed by atoms with Crippen molar-refractivity contribution in [2.24, 2.45) is 17.6 Å². The van der Waals surface area contributed by atoms with E-state index >= 15 is 0 Å². The molecule has 154 valence electrons. The highest BCUT2D eigenvalue weighted by atomic mass is 32.2. The normalized spacial score (nSPS) is 22.3. The van der Waals surface area contributed by atoms with Gasteiger partial charge in [0.15, 0.2) is 10.8 Å². The van der Waals surface area contributed by atoms with Crippen molar-refractivity contribution in [2.75, 3.05) is 13.1 Å². The standard InChI is InChI=1S/C18H26N4O5S/c1-12(8-16(19)24)9-17(25)21-14-7-13(2)10-22(11-15(14)23)28(26,27)18-5-3-4-6-20-18/h3-6,12-14H,7-11H2,1-2H3,(H2,19,24)(H,21,25)/t12-,13+,14+/m0/s1. The molecule has 3 N–H and O–H groups in total. The van der Waals surface area contributed by atoms with Crippen molar-refractivity contribution in [3.8, 4) is 0 Å². The maximum Gasteiger partial charge on any atom is 0.260 e. The molecule has 0 aromatic carbocycles. The molecule has 3 atom stereocenters. The summed E-state index contributed by atoms with van der Waals surface area (Å²) in [6, 6.07) is 3.79. The Morgan fingerprint density at radius 3 is 2.68 bits per heavy atom. The van der Waals surface area contributed by atoms with Crippen LogP contribution >= 0.6 is 0 Å². The van der Waals surface area contributed by atoms with E-state index in [4.69, 9.17) is 5.73 Å². The summed E-state index contributed by atoms with van der Waals surface area (Å²) in [7, 11) is -3.90. The number of hydrogen-bond acceptors (Lipinski definition) is 6. The van der Waals surface area contributed by atoms with E-state index in [9.17, 15) is 22.8 Å². The minimum Gasteiger partial charge on any atom is -0.370 e. The third-order valence-electron chi connectivity index (χ3n) is 4.53. The molecule has 28 heavy (non-hydrogen) atoms. The Balaban J connectivity index is 2.07. The Hall–Kier alpha value is -2.33. The SMILES string of the molecule is C[C@@H]1C[C@@H](NC(=O)C[C@@H](C)CC(N)=O)C(=O)CN(S(=O)(=O)c2ccccn2)C1. The van der Waals surface area contributed by atoms with Gasteiger partial charge in [0, 0.05) is 25.6 Å². The number of carbonyl (C=O) groups excluding carboxylic acids is 3. The number of sulfonamides is 1. The number of primary amides is 1.